The Kier molecular flexibility index (Phi) is 7.47. The lowest BCUT2D eigenvalue weighted by molar-refractivity contribution is -0.165. The number of carbonyl (C=O) groups excluding carboxylic acids is 3. The average molecular weight is 326 g/mol. The van der Waals surface area contributed by atoms with Gasteiger partial charge < -0.3 is 19.3 Å². The number of esters is 3. The summed E-state index contributed by atoms with van der Waals surface area (Å²) in [6, 6.07) is 0. The van der Waals surface area contributed by atoms with Crippen LogP contribution in [0.25, 0.3) is 0 Å². The molecule has 0 fully saturated rings. The van der Waals surface area contributed by atoms with E-state index in [-0.39, 0.29) is 6.42 Å². The quantitative estimate of drug-likeness (QED) is 0.424. The molecule has 1 aliphatic rings. The molecule has 1 unspecified atom stereocenters. The first-order valence-corrected chi connectivity index (χ1v) is 7.36. The molecule has 7 nitrogen and oxygen atoms in total. The van der Waals surface area contributed by atoms with Gasteiger partial charge in [0.15, 0.2) is 0 Å². The summed E-state index contributed by atoms with van der Waals surface area (Å²) in [5.41, 5.74) is 0. The third-order valence-electron chi connectivity index (χ3n) is 3.10. The van der Waals surface area contributed by atoms with E-state index < -0.39 is 42.3 Å². The van der Waals surface area contributed by atoms with Crippen LogP contribution in [-0.2, 0) is 28.6 Å². The van der Waals surface area contributed by atoms with Crippen LogP contribution in [0.1, 0.15) is 33.6 Å². The smallest absolute Gasteiger partial charge is 0.331 e. The Hall–Kier alpha value is -2.15. The minimum absolute atomic E-state index is 0.0566. The van der Waals surface area contributed by atoms with Crippen LogP contribution in [0, 0.1) is 0 Å². The van der Waals surface area contributed by atoms with Crippen molar-refractivity contribution in [3.63, 3.8) is 0 Å². The molecule has 0 aromatic heterocycles. The highest BCUT2D eigenvalue weighted by Crippen LogP contribution is 2.14. The van der Waals surface area contributed by atoms with Gasteiger partial charge in [-0.05, 0) is 13.0 Å². The Balaban J connectivity index is 2.59. The summed E-state index contributed by atoms with van der Waals surface area (Å²) in [6.07, 6.45) is 3.84. The first kappa shape index (κ1) is 18.9. The molecule has 0 spiro atoms. The molecule has 0 saturated carbocycles. The lowest BCUT2D eigenvalue weighted by Gasteiger charge is -2.24. The summed E-state index contributed by atoms with van der Waals surface area (Å²) in [6.45, 7) is 4.07. The maximum atomic E-state index is 11.1. The average Bonchev–Trinajstić information content (AvgIpc) is 2.43. The van der Waals surface area contributed by atoms with E-state index >= 15 is 0 Å². The maximum Gasteiger partial charge on any atom is 0.331 e. The van der Waals surface area contributed by atoms with Gasteiger partial charge in [0.05, 0.1) is 6.10 Å². The molecule has 0 radical (unpaired) electrons. The van der Waals surface area contributed by atoms with Gasteiger partial charge in [-0.2, -0.15) is 0 Å². The van der Waals surface area contributed by atoms with Crippen molar-refractivity contribution < 1.29 is 33.7 Å². The van der Waals surface area contributed by atoms with E-state index in [1.807, 2.05) is 0 Å². The summed E-state index contributed by atoms with van der Waals surface area (Å²) in [7, 11) is 0. The molecule has 7 heteroatoms. The Morgan fingerprint density at radius 1 is 1.39 bits per heavy atom. The predicted molar refractivity (Wildman–Crippen MR) is 80.2 cm³/mol. The SMILES string of the molecule is CC(=O)O[C@@H](C)[C@H](C[C@H](O)/C=C\C1CC=CC(=O)O1)OC(C)=O. The number of aliphatic hydroxyl groups is 1. The molecular formula is C16H22O7. The summed E-state index contributed by atoms with van der Waals surface area (Å²) < 4.78 is 15.1. The van der Waals surface area contributed by atoms with E-state index in [2.05, 4.69) is 0 Å². The summed E-state index contributed by atoms with van der Waals surface area (Å²) in [5.74, 6) is -1.46. The van der Waals surface area contributed by atoms with Crippen LogP contribution in [0.15, 0.2) is 24.3 Å². The van der Waals surface area contributed by atoms with E-state index in [0.717, 1.165) is 0 Å². The number of aliphatic hydroxyl groups excluding tert-OH is 1. The molecule has 1 heterocycles. The minimum Gasteiger partial charge on any atom is -0.459 e. The zero-order valence-corrected chi connectivity index (χ0v) is 13.4. The highest BCUT2D eigenvalue weighted by molar-refractivity contribution is 5.82. The number of ether oxygens (including phenoxy) is 3. The molecule has 1 rings (SSSR count). The normalized spacial score (nSPS) is 21.4. The van der Waals surface area contributed by atoms with Gasteiger partial charge in [-0.3, -0.25) is 9.59 Å². The second-order valence-electron chi connectivity index (χ2n) is 5.26. The summed E-state index contributed by atoms with van der Waals surface area (Å²) >= 11 is 0. The lowest BCUT2D eigenvalue weighted by Crippen LogP contribution is -2.34. The summed E-state index contributed by atoms with van der Waals surface area (Å²) in [4.78, 5) is 33.2. The molecule has 0 aliphatic carbocycles. The number of rotatable bonds is 7. The number of hydrogen-bond acceptors (Lipinski definition) is 7. The van der Waals surface area contributed by atoms with Crippen molar-refractivity contribution in [3.05, 3.63) is 24.3 Å². The molecule has 4 atom stereocenters. The Bertz CT molecular complexity index is 495. The van der Waals surface area contributed by atoms with Crippen LogP contribution >= 0.6 is 0 Å². The van der Waals surface area contributed by atoms with Crippen molar-refractivity contribution >= 4 is 17.9 Å². The molecule has 0 aromatic carbocycles. The van der Waals surface area contributed by atoms with Crippen molar-refractivity contribution in [2.75, 3.05) is 0 Å². The van der Waals surface area contributed by atoms with E-state index in [0.29, 0.717) is 6.42 Å². The molecule has 128 valence electrons. The van der Waals surface area contributed by atoms with Gasteiger partial charge in [0.1, 0.15) is 18.3 Å². The highest BCUT2D eigenvalue weighted by Gasteiger charge is 2.25. The minimum atomic E-state index is -0.943. The molecule has 1 N–H and O–H groups in total. The molecule has 0 saturated heterocycles. The third-order valence-corrected chi connectivity index (χ3v) is 3.10. The fourth-order valence-corrected chi connectivity index (χ4v) is 2.11. The Morgan fingerprint density at radius 3 is 2.61 bits per heavy atom. The standard InChI is InChI=1S/C16H22O7/c1-10(21-11(2)17)15(22-12(3)18)9-13(19)7-8-14-5-4-6-16(20)23-14/h4,6-8,10,13-15,19H,5,9H2,1-3H3/b8-7-/t10-,13+,14?,15-/m0/s1. The zero-order chi connectivity index (χ0) is 17.4. The predicted octanol–water partition coefficient (Wildman–Crippen LogP) is 1.05. The maximum absolute atomic E-state index is 11.1. The fraction of sp³-hybridized carbons (Fsp3) is 0.562. The van der Waals surface area contributed by atoms with Gasteiger partial charge in [-0.25, -0.2) is 4.79 Å². The van der Waals surface area contributed by atoms with Gasteiger partial charge >= 0.3 is 17.9 Å². The van der Waals surface area contributed by atoms with E-state index in [1.165, 1.54) is 26.0 Å². The van der Waals surface area contributed by atoms with Crippen molar-refractivity contribution in [2.24, 2.45) is 0 Å². The fourth-order valence-electron chi connectivity index (χ4n) is 2.11. The lowest BCUT2D eigenvalue weighted by atomic mass is 10.1. The molecule has 23 heavy (non-hydrogen) atoms. The monoisotopic (exact) mass is 326 g/mol. The van der Waals surface area contributed by atoms with Crippen LogP contribution in [0.2, 0.25) is 0 Å². The number of carbonyl (C=O) groups is 3. The van der Waals surface area contributed by atoms with Gasteiger partial charge in [-0.15, -0.1) is 0 Å². The topological polar surface area (TPSA) is 99.1 Å². The first-order valence-electron chi connectivity index (χ1n) is 7.36. The zero-order valence-electron chi connectivity index (χ0n) is 13.4. The van der Waals surface area contributed by atoms with Crippen molar-refractivity contribution in [1.29, 1.82) is 0 Å². The Morgan fingerprint density at radius 2 is 2.04 bits per heavy atom. The van der Waals surface area contributed by atoms with Crippen molar-refractivity contribution in [2.45, 2.75) is 58.0 Å². The first-order chi connectivity index (χ1) is 10.8. The highest BCUT2D eigenvalue weighted by atomic mass is 16.6. The summed E-state index contributed by atoms with van der Waals surface area (Å²) in [5, 5.41) is 10.0. The molecule has 1 aliphatic heterocycles. The van der Waals surface area contributed by atoms with E-state index in [4.69, 9.17) is 14.2 Å². The van der Waals surface area contributed by atoms with E-state index in [9.17, 15) is 19.5 Å². The largest absolute Gasteiger partial charge is 0.459 e. The van der Waals surface area contributed by atoms with Crippen LogP contribution in [0.3, 0.4) is 0 Å². The second kappa shape index (κ2) is 9.09. The molecule has 0 amide bonds. The van der Waals surface area contributed by atoms with Crippen LogP contribution in [0.5, 0.6) is 0 Å². The van der Waals surface area contributed by atoms with Gasteiger partial charge in [0.2, 0.25) is 0 Å². The number of hydrogen-bond donors (Lipinski definition) is 1. The third kappa shape index (κ3) is 7.60. The Labute approximate surface area is 134 Å². The molecule has 0 aromatic rings. The molecular weight excluding hydrogens is 304 g/mol. The van der Waals surface area contributed by atoms with Crippen LogP contribution in [-0.4, -0.2) is 47.4 Å². The van der Waals surface area contributed by atoms with Gasteiger partial charge in [0.25, 0.3) is 0 Å². The van der Waals surface area contributed by atoms with Crippen molar-refractivity contribution in [3.8, 4) is 0 Å². The second-order valence-corrected chi connectivity index (χ2v) is 5.26. The molecule has 0 bridgehead atoms. The van der Waals surface area contributed by atoms with Crippen LogP contribution in [0.4, 0.5) is 0 Å². The van der Waals surface area contributed by atoms with Crippen LogP contribution < -0.4 is 0 Å². The van der Waals surface area contributed by atoms with Gasteiger partial charge in [0, 0.05) is 32.8 Å². The van der Waals surface area contributed by atoms with Gasteiger partial charge in [-0.1, -0.05) is 12.2 Å². The number of cyclic esters (lactones) is 1. The van der Waals surface area contributed by atoms with E-state index in [1.54, 1.807) is 19.1 Å². The van der Waals surface area contributed by atoms with Crippen molar-refractivity contribution in [1.82, 2.24) is 0 Å².